The van der Waals surface area contributed by atoms with Gasteiger partial charge < -0.3 is 14.8 Å². The molecule has 1 N–H and O–H groups in total. The molecule has 0 aliphatic rings. The molecule has 0 saturated carbocycles. The highest BCUT2D eigenvalue weighted by Crippen LogP contribution is 2.30. The molecule has 0 radical (unpaired) electrons. The highest BCUT2D eigenvalue weighted by Gasteiger charge is 2.25. The Morgan fingerprint density at radius 3 is 2.61 bits per heavy atom. The summed E-state index contributed by atoms with van der Waals surface area (Å²) in [5, 5.41) is 4.08. The van der Waals surface area contributed by atoms with E-state index in [1.807, 2.05) is 39.0 Å². The van der Waals surface area contributed by atoms with E-state index in [2.05, 4.69) is 12.2 Å². The second-order valence-corrected chi connectivity index (χ2v) is 5.18. The zero-order valence-electron chi connectivity index (χ0n) is 11.7. The van der Waals surface area contributed by atoms with Crippen LogP contribution in [0.1, 0.15) is 27.7 Å². The molecular weight excluding hydrogens is 250 g/mol. The molecule has 1 aromatic carbocycles. The molecule has 0 spiro atoms. The van der Waals surface area contributed by atoms with Crippen LogP contribution in [0.15, 0.2) is 18.2 Å². The molecule has 0 bridgehead atoms. The van der Waals surface area contributed by atoms with Crippen molar-refractivity contribution in [1.29, 1.82) is 0 Å². The van der Waals surface area contributed by atoms with Gasteiger partial charge in [-0.05, 0) is 45.9 Å². The van der Waals surface area contributed by atoms with Crippen LogP contribution < -0.4 is 10.1 Å². The number of ether oxygens (including phenoxy) is 2. The molecule has 0 heterocycles. The van der Waals surface area contributed by atoms with E-state index in [-0.39, 0.29) is 11.6 Å². The van der Waals surface area contributed by atoms with Crippen molar-refractivity contribution in [1.82, 2.24) is 0 Å². The van der Waals surface area contributed by atoms with Crippen molar-refractivity contribution < 1.29 is 9.47 Å². The number of rotatable bonds is 6. The highest BCUT2D eigenvalue weighted by atomic mass is 35.5. The normalized spacial score (nSPS) is 13.2. The average molecular weight is 272 g/mol. The maximum atomic E-state index is 6.02. The lowest BCUT2D eigenvalue weighted by atomic mass is 10.00. The zero-order valence-corrected chi connectivity index (χ0v) is 12.5. The van der Waals surface area contributed by atoms with Crippen LogP contribution in [0.2, 0.25) is 5.02 Å². The molecule has 0 aliphatic carbocycles. The van der Waals surface area contributed by atoms with Crippen LogP contribution in [0, 0.1) is 0 Å². The van der Waals surface area contributed by atoms with Crippen molar-refractivity contribution in [2.75, 3.05) is 19.0 Å². The predicted octanol–water partition coefficient (Wildman–Crippen LogP) is 3.96. The smallest absolute Gasteiger partial charge is 0.142 e. The van der Waals surface area contributed by atoms with Gasteiger partial charge in [0.05, 0.1) is 23.9 Å². The van der Waals surface area contributed by atoms with Crippen LogP contribution in [-0.4, -0.2) is 25.4 Å². The molecule has 0 saturated heterocycles. The molecule has 1 rings (SSSR count). The Kier molecular flexibility index (Phi) is 5.29. The molecule has 3 nitrogen and oxygen atoms in total. The number of anilines is 1. The summed E-state index contributed by atoms with van der Waals surface area (Å²) in [7, 11) is 1.71. The number of methoxy groups -OCH3 is 1. The first kappa shape index (κ1) is 15.1. The Bertz CT molecular complexity index is 393. The predicted molar refractivity (Wildman–Crippen MR) is 76.8 cm³/mol. The summed E-state index contributed by atoms with van der Waals surface area (Å²) >= 11 is 6.02. The largest absolute Gasteiger partial charge is 0.492 e. The van der Waals surface area contributed by atoms with Gasteiger partial charge in [0.2, 0.25) is 0 Å². The summed E-state index contributed by atoms with van der Waals surface area (Å²) in [6.45, 7) is 8.73. The van der Waals surface area contributed by atoms with E-state index in [9.17, 15) is 0 Å². The molecule has 0 aromatic heterocycles. The van der Waals surface area contributed by atoms with Crippen molar-refractivity contribution in [3.8, 4) is 5.75 Å². The summed E-state index contributed by atoms with van der Waals surface area (Å²) in [4.78, 5) is 0. The van der Waals surface area contributed by atoms with E-state index in [0.29, 0.717) is 11.6 Å². The van der Waals surface area contributed by atoms with Crippen molar-refractivity contribution >= 4 is 17.3 Å². The summed E-state index contributed by atoms with van der Waals surface area (Å²) < 4.78 is 11.0. The Labute approximate surface area is 114 Å². The first-order valence-corrected chi connectivity index (χ1v) is 6.52. The molecule has 18 heavy (non-hydrogen) atoms. The fourth-order valence-electron chi connectivity index (χ4n) is 1.48. The van der Waals surface area contributed by atoms with Gasteiger partial charge in [-0.1, -0.05) is 11.6 Å². The van der Waals surface area contributed by atoms with E-state index in [4.69, 9.17) is 21.1 Å². The third-order valence-corrected chi connectivity index (χ3v) is 3.42. The first-order chi connectivity index (χ1) is 8.40. The lowest BCUT2D eigenvalue weighted by molar-refractivity contribution is 0.0107. The van der Waals surface area contributed by atoms with Gasteiger partial charge in [0.15, 0.2) is 0 Å². The van der Waals surface area contributed by atoms with E-state index in [0.717, 1.165) is 11.4 Å². The van der Waals surface area contributed by atoms with E-state index in [1.165, 1.54) is 0 Å². The number of nitrogens with one attached hydrogen (secondary N) is 1. The first-order valence-electron chi connectivity index (χ1n) is 6.14. The molecule has 0 amide bonds. The lowest BCUT2D eigenvalue weighted by Crippen LogP contribution is -2.41. The van der Waals surface area contributed by atoms with Gasteiger partial charge in [-0.25, -0.2) is 0 Å². The number of benzene rings is 1. The minimum absolute atomic E-state index is 0.125. The molecule has 1 aromatic rings. The van der Waals surface area contributed by atoms with Gasteiger partial charge >= 0.3 is 0 Å². The quantitative estimate of drug-likeness (QED) is 0.849. The van der Waals surface area contributed by atoms with Crippen molar-refractivity contribution in [3.63, 3.8) is 0 Å². The third-order valence-electron chi connectivity index (χ3n) is 3.18. The summed E-state index contributed by atoms with van der Waals surface area (Å²) in [5.74, 6) is 0.806. The van der Waals surface area contributed by atoms with E-state index in [1.54, 1.807) is 7.11 Å². The van der Waals surface area contributed by atoms with Gasteiger partial charge in [0.25, 0.3) is 0 Å². The molecule has 4 heteroatoms. The fourth-order valence-corrected chi connectivity index (χ4v) is 1.65. The van der Waals surface area contributed by atoms with Crippen molar-refractivity contribution in [3.05, 3.63) is 23.2 Å². The Balaban J connectivity index is 2.91. The maximum Gasteiger partial charge on any atom is 0.142 e. The van der Waals surface area contributed by atoms with Gasteiger partial charge in [0, 0.05) is 12.1 Å². The number of hydrogen-bond donors (Lipinski definition) is 1. The van der Waals surface area contributed by atoms with Crippen LogP contribution in [0.3, 0.4) is 0 Å². The topological polar surface area (TPSA) is 30.5 Å². The highest BCUT2D eigenvalue weighted by molar-refractivity contribution is 6.30. The minimum atomic E-state index is -0.272. The van der Waals surface area contributed by atoms with Gasteiger partial charge in [-0.2, -0.15) is 0 Å². The Hall–Kier alpha value is -0.930. The second-order valence-electron chi connectivity index (χ2n) is 4.75. The van der Waals surface area contributed by atoms with Gasteiger partial charge in [0.1, 0.15) is 5.75 Å². The van der Waals surface area contributed by atoms with Gasteiger partial charge in [-0.15, -0.1) is 0 Å². The number of hydrogen-bond acceptors (Lipinski definition) is 3. The molecule has 102 valence electrons. The zero-order chi connectivity index (χ0) is 13.8. The summed E-state index contributed by atoms with van der Waals surface area (Å²) in [6.07, 6.45) is 0. The summed E-state index contributed by atoms with van der Waals surface area (Å²) in [5.41, 5.74) is 0.619. The monoisotopic (exact) mass is 271 g/mol. The Morgan fingerprint density at radius 1 is 1.39 bits per heavy atom. The minimum Gasteiger partial charge on any atom is -0.492 e. The van der Waals surface area contributed by atoms with Gasteiger partial charge in [-0.3, -0.25) is 0 Å². The molecule has 0 fully saturated rings. The average Bonchev–Trinajstić information content (AvgIpc) is 2.32. The summed E-state index contributed by atoms with van der Waals surface area (Å²) in [6, 6.07) is 5.69. The SMILES string of the molecule is CCOc1ccc(Cl)cc1NC(C)C(C)(C)OC. The molecule has 1 atom stereocenters. The van der Waals surface area contributed by atoms with Crippen LogP contribution >= 0.6 is 11.6 Å². The Morgan fingerprint density at radius 2 is 2.06 bits per heavy atom. The standard InChI is InChI=1S/C14H22ClNO2/c1-6-18-13-8-7-11(15)9-12(13)16-10(2)14(3,4)17-5/h7-10,16H,6H2,1-5H3. The van der Waals surface area contributed by atoms with Crippen molar-refractivity contribution in [2.24, 2.45) is 0 Å². The van der Waals surface area contributed by atoms with E-state index >= 15 is 0 Å². The van der Waals surface area contributed by atoms with Crippen LogP contribution in [0.4, 0.5) is 5.69 Å². The van der Waals surface area contributed by atoms with E-state index < -0.39 is 0 Å². The van der Waals surface area contributed by atoms with Crippen molar-refractivity contribution in [2.45, 2.75) is 39.3 Å². The third kappa shape index (κ3) is 3.79. The van der Waals surface area contributed by atoms with Crippen LogP contribution in [0.25, 0.3) is 0 Å². The number of halogens is 1. The molecular formula is C14H22ClNO2. The molecule has 1 unspecified atom stereocenters. The van der Waals surface area contributed by atoms with Crippen LogP contribution in [0.5, 0.6) is 5.75 Å². The second kappa shape index (κ2) is 6.30. The molecule has 0 aliphatic heterocycles. The lowest BCUT2D eigenvalue weighted by Gasteiger charge is -2.32. The maximum absolute atomic E-state index is 6.02. The van der Waals surface area contributed by atoms with Crippen LogP contribution in [-0.2, 0) is 4.74 Å². The fraction of sp³-hybridized carbons (Fsp3) is 0.571.